The smallest absolute Gasteiger partial charge is 0.262 e. The molecule has 0 saturated carbocycles. The van der Waals surface area contributed by atoms with Gasteiger partial charge >= 0.3 is 0 Å². The molecule has 3 nitrogen and oxygen atoms in total. The number of halogens is 2. The molecule has 0 fully saturated rings. The first-order chi connectivity index (χ1) is 7.22. The molecule has 1 aromatic carbocycles. The van der Waals surface area contributed by atoms with Crippen LogP contribution in [0.25, 0.3) is 0 Å². The number of benzene rings is 1. The van der Waals surface area contributed by atoms with Gasteiger partial charge in [-0.15, -0.1) is 0 Å². The van der Waals surface area contributed by atoms with Gasteiger partial charge in [-0.1, -0.05) is 17.7 Å². The van der Waals surface area contributed by atoms with Crippen LogP contribution in [0.5, 0.6) is 0 Å². The van der Waals surface area contributed by atoms with Crippen molar-refractivity contribution < 1.29 is 17.0 Å². The quantitative estimate of drug-likeness (QED) is 0.790. The fourth-order valence-electron chi connectivity index (χ4n) is 1.47. The summed E-state index contributed by atoms with van der Waals surface area (Å²) >= 11 is 5.77. The van der Waals surface area contributed by atoms with Crippen LogP contribution < -0.4 is 0 Å². The van der Waals surface area contributed by atoms with Gasteiger partial charge in [-0.05, 0) is 25.5 Å². The highest BCUT2D eigenvalue weighted by Crippen LogP contribution is 2.31. The first kappa shape index (κ1) is 13.4. The van der Waals surface area contributed by atoms with Crippen LogP contribution in [0.1, 0.15) is 24.2 Å². The van der Waals surface area contributed by atoms with Crippen molar-refractivity contribution in [3.8, 4) is 0 Å². The van der Waals surface area contributed by atoms with Crippen molar-refractivity contribution in [1.29, 1.82) is 0 Å². The van der Waals surface area contributed by atoms with Crippen LogP contribution in [0.4, 0.5) is 4.39 Å². The lowest BCUT2D eigenvalue weighted by Crippen LogP contribution is -2.09. The average Bonchev–Trinajstić information content (AvgIpc) is 2.09. The van der Waals surface area contributed by atoms with Crippen LogP contribution in [0, 0.1) is 12.7 Å². The third kappa shape index (κ3) is 3.17. The molecule has 16 heavy (non-hydrogen) atoms. The standard InChI is InChI=1S/C10H12ClFO3S/c1-6-4-5-8(12)10(11)9(6)7(2)15-16(3,13)14/h4-5,7H,1-3H3/t7-/m0/s1. The Morgan fingerprint density at radius 3 is 2.50 bits per heavy atom. The first-order valence-electron chi connectivity index (χ1n) is 4.55. The molecule has 1 rings (SSSR count). The Kier molecular flexibility index (Phi) is 3.93. The van der Waals surface area contributed by atoms with Crippen LogP contribution in [-0.2, 0) is 14.3 Å². The van der Waals surface area contributed by atoms with E-state index in [4.69, 9.17) is 15.8 Å². The Labute approximate surface area is 99.3 Å². The van der Waals surface area contributed by atoms with Crippen molar-refractivity contribution in [2.24, 2.45) is 0 Å². The molecule has 90 valence electrons. The first-order valence-corrected chi connectivity index (χ1v) is 6.74. The molecule has 0 aliphatic carbocycles. The minimum absolute atomic E-state index is 0.101. The molecular formula is C10H12ClFO3S. The summed E-state index contributed by atoms with van der Waals surface area (Å²) in [6, 6.07) is 2.76. The van der Waals surface area contributed by atoms with Gasteiger partial charge in [0.1, 0.15) is 11.9 Å². The van der Waals surface area contributed by atoms with Gasteiger partial charge in [0.15, 0.2) is 0 Å². The summed E-state index contributed by atoms with van der Waals surface area (Å²) < 4.78 is 39.9. The Morgan fingerprint density at radius 2 is 2.00 bits per heavy atom. The van der Waals surface area contributed by atoms with Gasteiger partial charge in [-0.2, -0.15) is 8.42 Å². The second kappa shape index (κ2) is 4.69. The molecule has 0 N–H and O–H groups in total. The van der Waals surface area contributed by atoms with Gasteiger partial charge in [0.2, 0.25) is 0 Å². The van der Waals surface area contributed by atoms with E-state index in [-0.39, 0.29) is 5.02 Å². The maximum absolute atomic E-state index is 13.2. The molecule has 0 aromatic heterocycles. The molecule has 6 heteroatoms. The van der Waals surface area contributed by atoms with Crippen molar-refractivity contribution in [1.82, 2.24) is 0 Å². The van der Waals surface area contributed by atoms with Gasteiger partial charge in [0, 0.05) is 5.56 Å². The molecule has 0 saturated heterocycles. The van der Waals surface area contributed by atoms with Crippen molar-refractivity contribution >= 4 is 21.7 Å². The summed E-state index contributed by atoms with van der Waals surface area (Å²) in [4.78, 5) is 0. The SMILES string of the molecule is Cc1ccc(F)c(Cl)c1[C@H](C)OS(C)(=O)=O. The van der Waals surface area contributed by atoms with Crippen LogP contribution in [0.2, 0.25) is 5.02 Å². The van der Waals surface area contributed by atoms with E-state index in [1.807, 2.05) is 0 Å². The van der Waals surface area contributed by atoms with Gasteiger partial charge in [-0.3, -0.25) is 4.18 Å². The third-order valence-electron chi connectivity index (χ3n) is 2.08. The molecule has 0 aliphatic rings. The maximum Gasteiger partial charge on any atom is 0.264 e. The van der Waals surface area contributed by atoms with E-state index < -0.39 is 22.0 Å². The molecule has 0 radical (unpaired) electrons. The van der Waals surface area contributed by atoms with E-state index in [1.54, 1.807) is 6.92 Å². The van der Waals surface area contributed by atoms with Gasteiger partial charge in [-0.25, -0.2) is 4.39 Å². The van der Waals surface area contributed by atoms with E-state index in [9.17, 15) is 12.8 Å². The topological polar surface area (TPSA) is 43.4 Å². The Morgan fingerprint density at radius 1 is 1.44 bits per heavy atom. The van der Waals surface area contributed by atoms with Crippen LogP contribution in [-0.4, -0.2) is 14.7 Å². The molecule has 0 aliphatic heterocycles. The Balaban J connectivity index is 3.18. The van der Waals surface area contributed by atoms with Crippen molar-refractivity contribution in [2.45, 2.75) is 20.0 Å². The lowest BCUT2D eigenvalue weighted by atomic mass is 10.0. The molecule has 0 heterocycles. The highest BCUT2D eigenvalue weighted by molar-refractivity contribution is 7.86. The summed E-state index contributed by atoms with van der Waals surface area (Å²) in [7, 11) is -3.60. The Bertz CT molecular complexity index is 499. The monoisotopic (exact) mass is 266 g/mol. The summed E-state index contributed by atoms with van der Waals surface area (Å²) in [5.74, 6) is -0.591. The zero-order chi connectivity index (χ0) is 12.5. The van der Waals surface area contributed by atoms with Crippen LogP contribution in [0.15, 0.2) is 12.1 Å². The second-order valence-electron chi connectivity index (χ2n) is 3.53. The second-order valence-corrected chi connectivity index (χ2v) is 5.51. The molecular weight excluding hydrogens is 255 g/mol. The van der Waals surface area contributed by atoms with Crippen molar-refractivity contribution in [3.05, 3.63) is 34.1 Å². The minimum Gasteiger partial charge on any atom is -0.262 e. The normalized spacial score (nSPS) is 13.8. The van der Waals surface area contributed by atoms with E-state index in [2.05, 4.69) is 0 Å². The average molecular weight is 267 g/mol. The molecule has 1 aromatic rings. The van der Waals surface area contributed by atoms with Crippen molar-refractivity contribution in [3.63, 3.8) is 0 Å². The lowest BCUT2D eigenvalue weighted by Gasteiger charge is -2.16. The molecule has 0 unspecified atom stereocenters. The van der Waals surface area contributed by atoms with Crippen LogP contribution >= 0.6 is 11.6 Å². The summed E-state index contributed by atoms with van der Waals surface area (Å²) in [6.45, 7) is 3.22. The minimum atomic E-state index is -3.60. The molecule has 0 bridgehead atoms. The van der Waals surface area contributed by atoms with E-state index >= 15 is 0 Å². The van der Waals surface area contributed by atoms with E-state index in [1.165, 1.54) is 19.1 Å². The molecule has 1 atom stereocenters. The fraction of sp³-hybridized carbons (Fsp3) is 0.400. The predicted molar refractivity (Wildman–Crippen MR) is 60.5 cm³/mol. The highest BCUT2D eigenvalue weighted by atomic mass is 35.5. The van der Waals surface area contributed by atoms with Crippen LogP contribution in [0.3, 0.4) is 0 Å². The maximum atomic E-state index is 13.2. The number of hydrogen-bond donors (Lipinski definition) is 0. The van der Waals surface area contributed by atoms with E-state index in [0.29, 0.717) is 11.1 Å². The van der Waals surface area contributed by atoms with Crippen molar-refractivity contribution in [2.75, 3.05) is 6.26 Å². The molecule has 0 amide bonds. The number of rotatable bonds is 3. The summed E-state index contributed by atoms with van der Waals surface area (Å²) in [6.07, 6.45) is 0.129. The van der Waals surface area contributed by atoms with Gasteiger partial charge in [0.25, 0.3) is 10.1 Å². The van der Waals surface area contributed by atoms with E-state index in [0.717, 1.165) is 6.26 Å². The number of hydrogen-bond acceptors (Lipinski definition) is 3. The lowest BCUT2D eigenvalue weighted by molar-refractivity contribution is 0.235. The predicted octanol–water partition coefficient (Wildman–Crippen LogP) is 2.82. The van der Waals surface area contributed by atoms with Gasteiger partial charge < -0.3 is 0 Å². The summed E-state index contributed by atoms with van der Waals surface area (Å²) in [5.41, 5.74) is 1.04. The largest absolute Gasteiger partial charge is 0.264 e. The highest BCUT2D eigenvalue weighted by Gasteiger charge is 2.19. The Hall–Kier alpha value is -0.650. The molecule has 0 spiro atoms. The third-order valence-corrected chi connectivity index (χ3v) is 3.10. The zero-order valence-corrected chi connectivity index (χ0v) is 10.7. The zero-order valence-electron chi connectivity index (χ0n) is 9.12. The number of aryl methyl sites for hydroxylation is 1. The summed E-state index contributed by atoms with van der Waals surface area (Å²) in [5, 5.41) is -0.101. The van der Waals surface area contributed by atoms with Gasteiger partial charge in [0.05, 0.1) is 11.3 Å². The fourth-order valence-corrected chi connectivity index (χ4v) is 2.46.